The van der Waals surface area contributed by atoms with Crippen molar-refractivity contribution in [3.05, 3.63) is 0 Å². The molecule has 128 valence electrons. The molecule has 1 aliphatic carbocycles. The summed E-state index contributed by atoms with van der Waals surface area (Å²) in [6, 6.07) is 0.381. The molecule has 1 saturated heterocycles. The van der Waals surface area contributed by atoms with E-state index >= 15 is 0 Å². The number of β-amino-alcohol motifs (C(OH)–C–C–N with tert-alkyl or cyclic N) is 1. The quantitative estimate of drug-likeness (QED) is 0.839. The lowest BCUT2D eigenvalue weighted by atomic mass is 9.73. The summed E-state index contributed by atoms with van der Waals surface area (Å²) in [5.41, 5.74) is -0.465. The number of urea groups is 1. The molecule has 0 radical (unpaired) electrons. The second-order valence-corrected chi connectivity index (χ2v) is 8.31. The summed E-state index contributed by atoms with van der Waals surface area (Å²) < 4.78 is 0. The topological polar surface area (TPSA) is 55.8 Å². The van der Waals surface area contributed by atoms with Crippen LogP contribution in [-0.2, 0) is 0 Å². The van der Waals surface area contributed by atoms with Gasteiger partial charge in [0.05, 0.1) is 5.60 Å². The number of carbonyl (C=O) groups excluding carboxylic acids is 1. The van der Waals surface area contributed by atoms with Crippen LogP contribution in [0.1, 0.15) is 53.4 Å². The number of amides is 2. The van der Waals surface area contributed by atoms with E-state index < -0.39 is 5.60 Å². The summed E-state index contributed by atoms with van der Waals surface area (Å²) in [6.45, 7) is 12.0. The van der Waals surface area contributed by atoms with Crippen LogP contribution in [0.3, 0.4) is 0 Å². The summed E-state index contributed by atoms with van der Waals surface area (Å²) in [5.74, 6) is 0. The van der Waals surface area contributed by atoms with Gasteiger partial charge in [-0.05, 0) is 32.1 Å². The first-order valence-corrected chi connectivity index (χ1v) is 8.68. The van der Waals surface area contributed by atoms with Gasteiger partial charge in [0.15, 0.2) is 0 Å². The zero-order valence-electron chi connectivity index (χ0n) is 14.7. The van der Waals surface area contributed by atoms with Gasteiger partial charge >= 0.3 is 6.03 Å². The van der Waals surface area contributed by atoms with Crippen molar-refractivity contribution in [1.82, 2.24) is 15.1 Å². The van der Waals surface area contributed by atoms with Crippen molar-refractivity contribution in [2.45, 2.75) is 65.0 Å². The van der Waals surface area contributed by atoms with Crippen molar-refractivity contribution in [3.8, 4) is 0 Å². The molecule has 0 aromatic rings. The number of hydrogen-bond acceptors (Lipinski definition) is 3. The van der Waals surface area contributed by atoms with E-state index in [0.717, 1.165) is 32.6 Å². The first-order chi connectivity index (χ1) is 10.2. The highest BCUT2D eigenvalue weighted by molar-refractivity contribution is 5.74. The molecule has 1 saturated carbocycles. The molecule has 2 rings (SSSR count). The zero-order chi connectivity index (χ0) is 16.4. The average molecular weight is 311 g/mol. The van der Waals surface area contributed by atoms with Crippen molar-refractivity contribution >= 4 is 6.03 Å². The fraction of sp³-hybridized carbons (Fsp3) is 0.941. The van der Waals surface area contributed by atoms with E-state index in [-0.39, 0.29) is 11.4 Å². The molecule has 2 amide bonds. The lowest BCUT2D eigenvalue weighted by Crippen LogP contribution is -2.57. The van der Waals surface area contributed by atoms with Crippen LogP contribution in [0.25, 0.3) is 0 Å². The molecule has 0 bridgehead atoms. The molecule has 5 heteroatoms. The minimum atomic E-state index is -0.670. The lowest BCUT2D eigenvalue weighted by molar-refractivity contribution is 0.0219. The molecular formula is C17H33N3O2. The predicted octanol–water partition coefficient (Wildman–Crippen LogP) is 2.05. The molecule has 0 unspecified atom stereocenters. The Labute approximate surface area is 135 Å². The minimum Gasteiger partial charge on any atom is -0.389 e. The number of nitrogens with zero attached hydrogens (tertiary/aromatic N) is 2. The van der Waals surface area contributed by atoms with Gasteiger partial charge in [-0.15, -0.1) is 0 Å². The van der Waals surface area contributed by atoms with E-state index in [1.54, 1.807) is 0 Å². The summed E-state index contributed by atoms with van der Waals surface area (Å²) in [6.07, 6.45) is 4.78. The molecule has 2 aliphatic rings. The van der Waals surface area contributed by atoms with Gasteiger partial charge in [0.2, 0.25) is 0 Å². The molecule has 0 aromatic heterocycles. The molecule has 0 spiro atoms. The fourth-order valence-corrected chi connectivity index (χ4v) is 3.66. The van der Waals surface area contributed by atoms with Crippen molar-refractivity contribution in [2.24, 2.45) is 5.41 Å². The minimum absolute atomic E-state index is 0.0860. The molecule has 2 N–H and O–H groups in total. The van der Waals surface area contributed by atoms with Crippen LogP contribution < -0.4 is 5.32 Å². The second kappa shape index (κ2) is 6.75. The Morgan fingerprint density at radius 1 is 1.23 bits per heavy atom. The van der Waals surface area contributed by atoms with Gasteiger partial charge in [-0.1, -0.05) is 26.7 Å². The van der Waals surface area contributed by atoms with E-state index in [1.807, 2.05) is 18.7 Å². The number of nitrogens with one attached hydrogen (secondary N) is 1. The van der Waals surface area contributed by atoms with E-state index in [9.17, 15) is 9.90 Å². The highest BCUT2D eigenvalue weighted by Crippen LogP contribution is 2.35. The molecule has 0 aromatic carbocycles. The number of aliphatic hydroxyl groups is 1. The first-order valence-electron chi connectivity index (χ1n) is 8.68. The third-order valence-electron chi connectivity index (χ3n) is 5.07. The van der Waals surface area contributed by atoms with Crippen molar-refractivity contribution in [2.75, 3.05) is 32.7 Å². The number of hydrogen-bond donors (Lipinski definition) is 2. The van der Waals surface area contributed by atoms with E-state index in [0.29, 0.717) is 12.6 Å². The van der Waals surface area contributed by atoms with Crippen LogP contribution in [0.2, 0.25) is 0 Å². The van der Waals surface area contributed by atoms with Crippen LogP contribution in [-0.4, -0.2) is 65.3 Å². The maximum absolute atomic E-state index is 12.5. The van der Waals surface area contributed by atoms with Gasteiger partial charge in [0, 0.05) is 38.8 Å². The van der Waals surface area contributed by atoms with Gasteiger partial charge in [-0.3, -0.25) is 4.90 Å². The Bertz CT molecular complexity index is 382. The Morgan fingerprint density at radius 2 is 1.86 bits per heavy atom. The van der Waals surface area contributed by atoms with Crippen molar-refractivity contribution in [1.29, 1.82) is 0 Å². The van der Waals surface area contributed by atoms with Crippen molar-refractivity contribution < 1.29 is 9.90 Å². The standard InChI is InChI=1S/C17H33N3O2/c1-16(2)8-6-5-7-14(16)18-15(21)20-11-9-19(10-12-20)13-17(3,4)22/h14,22H,5-13H2,1-4H3,(H,18,21)/t14-/m1/s1. The monoisotopic (exact) mass is 311 g/mol. The van der Waals surface area contributed by atoms with Crippen molar-refractivity contribution in [3.63, 3.8) is 0 Å². The summed E-state index contributed by atoms with van der Waals surface area (Å²) in [7, 11) is 0. The first kappa shape index (κ1) is 17.5. The van der Waals surface area contributed by atoms with Crippen LogP contribution in [0, 0.1) is 5.41 Å². The van der Waals surface area contributed by atoms with Gasteiger partial charge in [0.1, 0.15) is 0 Å². The molecule has 22 heavy (non-hydrogen) atoms. The second-order valence-electron chi connectivity index (χ2n) is 8.31. The normalized spacial score (nSPS) is 26.8. The van der Waals surface area contributed by atoms with Gasteiger partial charge in [-0.2, -0.15) is 0 Å². The predicted molar refractivity (Wildman–Crippen MR) is 88.9 cm³/mol. The SMILES string of the molecule is CC(C)(O)CN1CCN(C(=O)N[C@@H]2CCCCC2(C)C)CC1. The third-order valence-corrected chi connectivity index (χ3v) is 5.07. The summed E-state index contributed by atoms with van der Waals surface area (Å²) in [4.78, 5) is 16.6. The number of carbonyl (C=O) groups is 1. The Hall–Kier alpha value is -0.810. The average Bonchev–Trinajstić information content (AvgIpc) is 2.40. The number of rotatable bonds is 3. The summed E-state index contributed by atoms with van der Waals surface area (Å²) in [5, 5.41) is 13.1. The van der Waals surface area contributed by atoms with Gasteiger partial charge < -0.3 is 15.3 Å². The molecule has 5 nitrogen and oxygen atoms in total. The van der Waals surface area contributed by atoms with Gasteiger partial charge in [0.25, 0.3) is 0 Å². The largest absolute Gasteiger partial charge is 0.389 e. The van der Waals surface area contributed by atoms with Crippen LogP contribution in [0.5, 0.6) is 0 Å². The maximum Gasteiger partial charge on any atom is 0.317 e. The maximum atomic E-state index is 12.5. The van der Waals surface area contributed by atoms with Gasteiger partial charge in [-0.25, -0.2) is 4.79 Å². The van der Waals surface area contributed by atoms with Crippen LogP contribution in [0.4, 0.5) is 4.79 Å². The molecule has 2 fully saturated rings. The van der Waals surface area contributed by atoms with E-state index in [2.05, 4.69) is 24.1 Å². The molecule has 1 aliphatic heterocycles. The Morgan fingerprint density at radius 3 is 2.41 bits per heavy atom. The molecule has 1 atom stereocenters. The van der Waals surface area contributed by atoms with E-state index in [4.69, 9.17) is 0 Å². The summed E-state index contributed by atoms with van der Waals surface area (Å²) >= 11 is 0. The zero-order valence-corrected chi connectivity index (χ0v) is 14.7. The highest BCUT2D eigenvalue weighted by atomic mass is 16.3. The highest BCUT2D eigenvalue weighted by Gasteiger charge is 2.34. The molecular weight excluding hydrogens is 278 g/mol. The van der Waals surface area contributed by atoms with Crippen LogP contribution >= 0.6 is 0 Å². The Balaban J connectivity index is 1.80. The fourth-order valence-electron chi connectivity index (χ4n) is 3.66. The van der Waals surface area contributed by atoms with E-state index in [1.165, 1.54) is 19.3 Å². The Kier molecular flexibility index (Phi) is 5.38. The third kappa shape index (κ3) is 4.85. The molecule has 1 heterocycles. The lowest BCUT2D eigenvalue weighted by Gasteiger charge is -2.42. The number of piperazine rings is 1. The van der Waals surface area contributed by atoms with Crippen LogP contribution in [0.15, 0.2) is 0 Å². The smallest absolute Gasteiger partial charge is 0.317 e.